The summed E-state index contributed by atoms with van der Waals surface area (Å²) in [5.74, 6) is -0.199. The molecule has 0 spiro atoms. The SMILES string of the molecule is CC(=N)c1cc(C(=O)NCCNC(=O)OC(C)(C)C)sc1NC1CCCCC1. The summed E-state index contributed by atoms with van der Waals surface area (Å²) in [7, 11) is 0. The van der Waals surface area contributed by atoms with Crippen LogP contribution in [0.4, 0.5) is 9.80 Å². The molecular weight excluding hydrogens is 376 g/mol. The van der Waals surface area contributed by atoms with Crippen LogP contribution >= 0.6 is 11.3 Å². The molecule has 1 aromatic heterocycles. The largest absolute Gasteiger partial charge is 0.444 e. The lowest BCUT2D eigenvalue weighted by Gasteiger charge is -2.23. The summed E-state index contributed by atoms with van der Waals surface area (Å²) in [6.07, 6.45) is 5.49. The summed E-state index contributed by atoms with van der Waals surface area (Å²) < 4.78 is 5.15. The van der Waals surface area contributed by atoms with Gasteiger partial charge in [0.05, 0.1) is 9.88 Å². The normalized spacial score (nSPS) is 15.0. The van der Waals surface area contributed by atoms with E-state index in [4.69, 9.17) is 10.1 Å². The topological polar surface area (TPSA) is 103 Å². The van der Waals surface area contributed by atoms with Crippen LogP contribution in [0.1, 0.15) is 75.0 Å². The molecule has 4 N–H and O–H groups in total. The van der Waals surface area contributed by atoms with Crippen LogP contribution in [0.15, 0.2) is 6.07 Å². The highest BCUT2D eigenvalue weighted by Gasteiger charge is 2.20. The molecule has 8 heteroatoms. The van der Waals surface area contributed by atoms with Gasteiger partial charge >= 0.3 is 6.09 Å². The molecule has 1 heterocycles. The van der Waals surface area contributed by atoms with Gasteiger partial charge in [-0.05, 0) is 46.6 Å². The van der Waals surface area contributed by atoms with Crippen LogP contribution in [-0.4, -0.2) is 42.4 Å². The second-order valence-corrected chi connectivity index (χ2v) is 9.19. The van der Waals surface area contributed by atoms with Crippen molar-refractivity contribution < 1.29 is 14.3 Å². The third kappa shape index (κ3) is 7.14. The Hall–Kier alpha value is -2.09. The average Bonchev–Trinajstić information content (AvgIpc) is 3.02. The Morgan fingerprint density at radius 3 is 2.43 bits per heavy atom. The van der Waals surface area contributed by atoms with E-state index in [9.17, 15) is 9.59 Å². The number of carbonyl (C=O) groups excluding carboxylic acids is 2. The summed E-state index contributed by atoms with van der Waals surface area (Å²) in [5.41, 5.74) is 0.681. The van der Waals surface area contributed by atoms with E-state index in [2.05, 4.69) is 16.0 Å². The standard InChI is InChI=1S/C20H32N4O3S/c1-13(21)15-12-16(28-18(15)24-14-8-6-5-7-9-14)17(25)22-10-11-23-19(26)27-20(2,3)4/h12,14,21,24H,5-11H2,1-4H3,(H,22,25)(H,23,26). The van der Waals surface area contributed by atoms with Crippen LogP contribution in [-0.2, 0) is 4.74 Å². The molecule has 1 fully saturated rings. The summed E-state index contributed by atoms with van der Waals surface area (Å²) in [6, 6.07) is 2.19. The van der Waals surface area contributed by atoms with Crippen molar-refractivity contribution in [3.8, 4) is 0 Å². The minimum absolute atomic E-state index is 0.199. The van der Waals surface area contributed by atoms with E-state index in [1.807, 2.05) is 0 Å². The highest BCUT2D eigenvalue weighted by atomic mass is 32.1. The molecule has 0 aromatic carbocycles. The van der Waals surface area contributed by atoms with Gasteiger partial charge in [0.2, 0.25) is 0 Å². The van der Waals surface area contributed by atoms with Gasteiger partial charge in [0, 0.05) is 30.4 Å². The first kappa shape index (κ1) is 22.2. The summed E-state index contributed by atoms with van der Waals surface area (Å²) in [5, 5.41) is 17.9. The molecule has 7 nitrogen and oxygen atoms in total. The average molecular weight is 409 g/mol. The fourth-order valence-electron chi connectivity index (χ4n) is 3.06. The fraction of sp³-hybridized carbons (Fsp3) is 0.650. The van der Waals surface area contributed by atoms with E-state index in [1.165, 1.54) is 30.6 Å². The molecule has 0 saturated heterocycles. The van der Waals surface area contributed by atoms with Gasteiger partial charge in [0.25, 0.3) is 5.91 Å². The number of hydrogen-bond donors (Lipinski definition) is 4. The molecule has 1 aliphatic carbocycles. The fourth-order valence-corrected chi connectivity index (χ4v) is 4.17. The monoisotopic (exact) mass is 408 g/mol. The van der Waals surface area contributed by atoms with Crippen LogP contribution in [0.3, 0.4) is 0 Å². The van der Waals surface area contributed by atoms with Crippen molar-refractivity contribution in [3.05, 3.63) is 16.5 Å². The maximum atomic E-state index is 12.5. The number of ether oxygens (including phenoxy) is 1. The Bertz CT molecular complexity index is 703. The van der Waals surface area contributed by atoms with Gasteiger partial charge < -0.3 is 26.1 Å². The van der Waals surface area contributed by atoms with Crippen LogP contribution in [0.25, 0.3) is 0 Å². The van der Waals surface area contributed by atoms with Crippen LogP contribution in [0.5, 0.6) is 0 Å². The molecule has 156 valence electrons. The van der Waals surface area contributed by atoms with Gasteiger partial charge in [-0.2, -0.15) is 0 Å². The lowest BCUT2D eigenvalue weighted by Crippen LogP contribution is -2.37. The van der Waals surface area contributed by atoms with E-state index >= 15 is 0 Å². The number of hydrogen-bond acceptors (Lipinski definition) is 6. The number of nitrogens with one attached hydrogen (secondary N) is 4. The molecule has 0 radical (unpaired) electrons. The molecule has 0 aliphatic heterocycles. The summed E-state index contributed by atoms with van der Waals surface area (Å²) in [6.45, 7) is 7.73. The Morgan fingerprint density at radius 2 is 1.82 bits per heavy atom. The first-order valence-electron chi connectivity index (χ1n) is 9.86. The first-order valence-corrected chi connectivity index (χ1v) is 10.7. The number of alkyl carbamates (subject to hydrolysis) is 1. The quantitative estimate of drug-likeness (QED) is 0.402. The molecule has 2 rings (SSSR count). The van der Waals surface area contributed by atoms with Crippen molar-refractivity contribution in [2.45, 2.75) is 71.4 Å². The lowest BCUT2D eigenvalue weighted by atomic mass is 9.95. The zero-order chi connectivity index (χ0) is 20.7. The van der Waals surface area contributed by atoms with Gasteiger partial charge in [-0.15, -0.1) is 11.3 Å². The highest BCUT2D eigenvalue weighted by molar-refractivity contribution is 7.18. The minimum atomic E-state index is -0.549. The molecule has 1 saturated carbocycles. The van der Waals surface area contributed by atoms with E-state index in [0.29, 0.717) is 23.2 Å². The molecule has 1 aromatic rings. The van der Waals surface area contributed by atoms with Crippen molar-refractivity contribution in [2.75, 3.05) is 18.4 Å². The van der Waals surface area contributed by atoms with Crippen LogP contribution in [0.2, 0.25) is 0 Å². The molecule has 28 heavy (non-hydrogen) atoms. The molecule has 0 unspecified atom stereocenters. The number of anilines is 1. The lowest BCUT2D eigenvalue weighted by molar-refractivity contribution is 0.0526. The molecule has 0 bridgehead atoms. The third-order valence-electron chi connectivity index (χ3n) is 4.38. The Labute approximate surface area is 171 Å². The highest BCUT2D eigenvalue weighted by Crippen LogP contribution is 2.31. The van der Waals surface area contributed by atoms with Crippen molar-refractivity contribution in [1.29, 1.82) is 5.41 Å². The van der Waals surface area contributed by atoms with Crippen molar-refractivity contribution in [3.63, 3.8) is 0 Å². The second kappa shape index (κ2) is 9.91. The van der Waals surface area contributed by atoms with Crippen molar-refractivity contribution in [1.82, 2.24) is 10.6 Å². The predicted molar refractivity (Wildman–Crippen MR) is 114 cm³/mol. The van der Waals surface area contributed by atoms with Crippen molar-refractivity contribution >= 4 is 34.0 Å². The van der Waals surface area contributed by atoms with Crippen LogP contribution < -0.4 is 16.0 Å². The zero-order valence-corrected chi connectivity index (χ0v) is 18.1. The zero-order valence-electron chi connectivity index (χ0n) is 17.2. The third-order valence-corrected chi connectivity index (χ3v) is 5.44. The first-order chi connectivity index (χ1) is 13.2. The van der Waals surface area contributed by atoms with Crippen molar-refractivity contribution in [2.24, 2.45) is 0 Å². The number of amides is 2. The molecular formula is C20H32N4O3S. The second-order valence-electron chi connectivity index (χ2n) is 8.14. The van der Waals surface area contributed by atoms with E-state index in [0.717, 1.165) is 23.4 Å². The van der Waals surface area contributed by atoms with E-state index < -0.39 is 11.7 Å². The van der Waals surface area contributed by atoms with Gasteiger partial charge in [-0.3, -0.25) is 4.79 Å². The Balaban J connectivity index is 1.87. The summed E-state index contributed by atoms with van der Waals surface area (Å²) in [4.78, 5) is 24.6. The van der Waals surface area contributed by atoms with Crippen LogP contribution in [0, 0.1) is 5.41 Å². The Kier molecular flexibility index (Phi) is 7.86. The minimum Gasteiger partial charge on any atom is -0.444 e. The maximum absolute atomic E-state index is 12.5. The van der Waals surface area contributed by atoms with E-state index in [-0.39, 0.29) is 12.5 Å². The van der Waals surface area contributed by atoms with Gasteiger partial charge in [0.1, 0.15) is 5.60 Å². The van der Waals surface area contributed by atoms with Gasteiger partial charge in [-0.25, -0.2) is 4.79 Å². The predicted octanol–water partition coefficient (Wildman–Crippen LogP) is 4.13. The van der Waals surface area contributed by atoms with E-state index in [1.54, 1.807) is 33.8 Å². The van der Waals surface area contributed by atoms with Gasteiger partial charge in [0.15, 0.2) is 0 Å². The number of rotatable bonds is 7. The van der Waals surface area contributed by atoms with Gasteiger partial charge in [-0.1, -0.05) is 19.3 Å². The maximum Gasteiger partial charge on any atom is 0.407 e. The molecule has 1 aliphatic rings. The molecule has 2 amide bonds. The Morgan fingerprint density at radius 1 is 1.18 bits per heavy atom. The smallest absolute Gasteiger partial charge is 0.407 e. The number of carbonyl (C=O) groups is 2. The summed E-state index contributed by atoms with van der Waals surface area (Å²) >= 11 is 1.39. The molecule has 0 atom stereocenters. The number of thiophene rings is 1.